The number of hydrogen-bond donors (Lipinski definition) is 1. The van der Waals surface area contributed by atoms with E-state index >= 15 is 0 Å². The molecule has 0 aliphatic heterocycles. The molecule has 34 heavy (non-hydrogen) atoms. The van der Waals surface area contributed by atoms with Gasteiger partial charge in [0.05, 0.1) is 35.5 Å². The van der Waals surface area contributed by atoms with E-state index in [0.29, 0.717) is 32.8 Å². The van der Waals surface area contributed by atoms with Crippen LogP contribution in [-0.4, -0.2) is 35.1 Å². The summed E-state index contributed by atoms with van der Waals surface area (Å²) in [5, 5.41) is 3.33. The molecule has 3 rings (SSSR count). The Labute approximate surface area is 209 Å². The summed E-state index contributed by atoms with van der Waals surface area (Å²) < 4.78 is 38.7. The summed E-state index contributed by atoms with van der Waals surface area (Å²) >= 11 is 12.3. The number of nitrogens with zero attached hydrogens (tertiary/aromatic N) is 1. The highest BCUT2D eigenvalue weighted by Crippen LogP contribution is 2.36. The van der Waals surface area contributed by atoms with Crippen molar-refractivity contribution in [2.75, 3.05) is 30.4 Å². The van der Waals surface area contributed by atoms with Crippen LogP contribution in [0.25, 0.3) is 0 Å². The molecule has 180 valence electrons. The largest absolute Gasteiger partial charge is 0.495 e. The van der Waals surface area contributed by atoms with Crippen molar-refractivity contribution in [1.29, 1.82) is 0 Å². The van der Waals surface area contributed by atoms with Crippen molar-refractivity contribution in [3.05, 3.63) is 75.8 Å². The molecule has 0 spiro atoms. The first-order valence-electron chi connectivity index (χ1n) is 10.1. The standard InChI is InChI=1S/C24H24Cl2N2O5S/c1-15-5-9-18(10-6-15)34(30,31)28(21-11-17(25)8-7-16(21)2)14-24(29)27-20-13-22(32-3)19(26)12-23(20)33-4/h5-13H,14H2,1-4H3,(H,27,29). The Morgan fingerprint density at radius 1 is 0.941 bits per heavy atom. The van der Waals surface area contributed by atoms with E-state index in [1.807, 2.05) is 6.92 Å². The first-order chi connectivity index (χ1) is 16.1. The van der Waals surface area contributed by atoms with Gasteiger partial charge in [-0.25, -0.2) is 8.42 Å². The second-order valence-corrected chi connectivity index (χ2v) is 10.2. The number of anilines is 2. The fourth-order valence-electron chi connectivity index (χ4n) is 3.27. The number of carbonyl (C=O) groups excluding carboxylic acids is 1. The number of rotatable bonds is 8. The molecule has 0 aliphatic rings. The Kier molecular flexibility index (Phi) is 7.97. The fraction of sp³-hybridized carbons (Fsp3) is 0.208. The molecule has 3 aromatic carbocycles. The van der Waals surface area contributed by atoms with Crippen molar-refractivity contribution in [3.8, 4) is 11.5 Å². The number of nitrogens with one attached hydrogen (secondary N) is 1. The van der Waals surface area contributed by atoms with Gasteiger partial charge in [0, 0.05) is 17.2 Å². The zero-order valence-corrected chi connectivity index (χ0v) is 21.4. The van der Waals surface area contributed by atoms with Crippen molar-refractivity contribution in [3.63, 3.8) is 0 Å². The third-order valence-corrected chi connectivity index (χ3v) is 7.39. The van der Waals surface area contributed by atoms with Crippen molar-refractivity contribution < 1.29 is 22.7 Å². The number of carbonyl (C=O) groups is 1. The van der Waals surface area contributed by atoms with Crippen molar-refractivity contribution in [2.24, 2.45) is 0 Å². The smallest absolute Gasteiger partial charge is 0.264 e. The summed E-state index contributed by atoms with van der Waals surface area (Å²) in [4.78, 5) is 13.1. The van der Waals surface area contributed by atoms with Crippen LogP contribution >= 0.6 is 23.2 Å². The minimum atomic E-state index is -4.10. The molecule has 0 aromatic heterocycles. The first kappa shape index (κ1) is 25.7. The number of benzene rings is 3. The lowest BCUT2D eigenvalue weighted by Gasteiger charge is -2.26. The molecule has 3 aromatic rings. The molecule has 1 N–H and O–H groups in total. The summed E-state index contributed by atoms with van der Waals surface area (Å²) in [6.45, 7) is 3.09. The molecule has 0 atom stereocenters. The second kappa shape index (κ2) is 10.5. The number of amides is 1. The highest BCUT2D eigenvalue weighted by atomic mass is 35.5. The van der Waals surface area contributed by atoms with Crippen molar-refractivity contribution in [2.45, 2.75) is 18.7 Å². The molecule has 0 radical (unpaired) electrons. The van der Waals surface area contributed by atoms with Gasteiger partial charge in [0.1, 0.15) is 18.0 Å². The quantitative estimate of drug-likeness (QED) is 0.424. The van der Waals surface area contributed by atoms with Gasteiger partial charge in [0.25, 0.3) is 10.0 Å². The predicted octanol–water partition coefficient (Wildman–Crippen LogP) is 5.46. The van der Waals surface area contributed by atoms with Crippen LogP contribution in [0.2, 0.25) is 10.0 Å². The van der Waals surface area contributed by atoms with Gasteiger partial charge in [-0.05, 0) is 43.7 Å². The Morgan fingerprint density at radius 3 is 2.21 bits per heavy atom. The number of ether oxygens (including phenoxy) is 2. The highest BCUT2D eigenvalue weighted by molar-refractivity contribution is 7.92. The van der Waals surface area contributed by atoms with Crippen LogP contribution in [0.4, 0.5) is 11.4 Å². The van der Waals surface area contributed by atoms with Crippen LogP contribution in [0.1, 0.15) is 11.1 Å². The summed E-state index contributed by atoms with van der Waals surface area (Å²) in [5.41, 5.74) is 2.12. The van der Waals surface area contributed by atoms with Crippen molar-refractivity contribution in [1.82, 2.24) is 0 Å². The van der Waals surface area contributed by atoms with Gasteiger partial charge in [-0.2, -0.15) is 0 Å². The summed E-state index contributed by atoms with van der Waals surface area (Å²) in [7, 11) is -1.23. The number of halogens is 2. The highest BCUT2D eigenvalue weighted by Gasteiger charge is 2.29. The Hall–Kier alpha value is -2.94. The van der Waals surface area contributed by atoms with E-state index in [0.717, 1.165) is 9.87 Å². The average molecular weight is 523 g/mol. The monoisotopic (exact) mass is 522 g/mol. The van der Waals surface area contributed by atoms with Gasteiger partial charge in [0.15, 0.2) is 0 Å². The van der Waals surface area contributed by atoms with Gasteiger partial charge in [-0.3, -0.25) is 9.10 Å². The average Bonchev–Trinajstić information content (AvgIpc) is 2.80. The minimum Gasteiger partial charge on any atom is -0.495 e. The molecule has 0 saturated heterocycles. The molecule has 0 heterocycles. The topological polar surface area (TPSA) is 84.9 Å². The van der Waals surface area contributed by atoms with Crippen LogP contribution in [0.5, 0.6) is 11.5 Å². The lowest BCUT2D eigenvalue weighted by Crippen LogP contribution is -2.38. The normalized spacial score (nSPS) is 11.1. The van der Waals surface area contributed by atoms with Gasteiger partial charge < -0.3 is 14.8 Å². The lowest BCUT2D eigenvalue weighted by atomic mass is 10.2. The Bertz CT molecular complexity index is 1310. The van der Waals surface area contributed by atoms with Crippen LogP contribution in [0.3, 0.4) is 0 Å². The molecule has 1 amide bonds. The third kappa shape index (κ3) is 5.58. The zero-order valence-electron chi connectivity index (χ0n) is 19.1. The summed E-state index contributed by atoms with van der Waals surface area (Å²) in [6.07, 6.45) is 0. The van der Waals surface area contributed by atoms with E-state index in [-0.39, 0.29) is 10.6 Å². The van der Waals surface area contributed by atoms with E-state index in [2.05, 4.69) is 5.32 Å². The van der Waals surface area contributed by atoms with Crippen LogP contribution in [-0.2, 0) is 14.8 Å². The molecule has 0 bridgehead atoms. The van der Waals surface area contributed by atoms with E-state index in [4.69, 9.17) is 32.7 Å². The Morgan fingerprint density at radius 2 is 1.59 bits per heavy atom. The molecule has 7 nitrogen and oxygen atoms in total. The van der Waals surface area contributed by atoms with Gasteiger partial charge >= 0.3 is 0 Å². The van der Waals surface area contributed by atoms with E-state index in [1.54, 1.807) is 31.2 Å². The number of aryl methyl sites for hydroxylation is 2. The third-order valence-electron chi connectivity index (χ3n) is 5.08. The number of methoxy groups -OCH3 is 2. The lowest BCUT2D eigenvalue weighted by molar-refractivity contribution is -0.114. The zero-order chi connectivity index (χ0) is 25.0. The first-order valence-corrected chi connectivity index (χ1v) is 12.3. The van der Waals surface area contributed by atoms with Crippen LogP contribution in [0.15, 0.2) is 59.5 Å². The maximum absolute atomic E-state index is 13.6. The summed E-state index contributed by atoms with van der Waals surface area (Å²) in [5.74, 6) is 0.0244. The molecule has 0 fully saturated rings. The summed E-state index contributed by atoms with van der Waals surface area (Å²) in [6, 6.07) is 14.3. The number of hydrogen-bond acceptors (Lipinski definition) is 5. The SMILES string of the molecule is COc1cc(NC(=O)CN(c2cc(Cl)ccc2C)S(=O)(=O)c2ccc(C)cc2)c(OC)cc1Cl. The van der Waals surface area contributed by atoms with Crippen molar-refractivity contribution >= 4 is 50.5 Å². The Balaban J connectivity index is 2.02. The molecular formula is C24H24Cl2N2O5S. The number of sulfonamides is 1. The van der Waals surface area contributed by atoms with Gasteiger partial charge in [0.2, 0.25) is 5.91 Å². The molecule has 0 aliphatic carbocycles. The molecule has 0 unspecified atom stereocenters. The van der Waals surface area contributed by atoms with Crippen LogP contribution in [0, 0.1) is 13.8 Å². The van der Waals surface area contributed by atoms with E-state index in [9.17, 15) is 13.2 Å². The van der Waals surface area contributed by atoms with Gasteiger partial charge in [-0.15, -0.1) is 0 Å². The molecule has 10 heteroatoms. The van der Waals surface area contributed by atoms with Gasteiger partial charge in [-0.1, -0.05) is 47.0 Å². The van der Waals surface area contributed by atoms with E-state index in [1.165, 1.54) is 44.6 Å². The molecule has 0 saturated carbocycles. The predicted molar refractivity (Wildman–Crippen MR) is 135 cm³/mol. The molecular weight excluding hydrogens is 499 g/mol. The van der Waals surface area contributed by atoms with Crippen LogP contribution < -0.4 is 19.1 Å². The minimum absolute atomic E-state index is 0.0519. The van der Waals surface area contributed by atoms with E-state index < -0.39 is 22.5 Å². The maximum atomic E-state index is 13.6. The fourth-order valence-corrected chi connectivity index (χ4v) is 5.14. The maximum Gasteiger partial charge on any atom is 0.264 e. The second-order valence-electron chi connectivity index (χ2n) is 7.49.